The standard InChI is InChI=1S/C21H26F4N4O5/c1-21(2,3)34-20(31)28-5-4-12(22)16(9-28)27-19(30)10-7-17(29(32)33)15(8-13(10)23)26-14-6-11(14)18(24)25/h7-8,11-12,14,16,18,26H,4-6,9H2,1-3H3,(H,27,30)/t11-,12-,14-,16-/m0/s1. The van der Waals surface area contributed by atoms with Gasteiger partial charge in [-0.2, -0.15) is 0 Å². The van der Waals surface area contributed by atoms with Crippen LogP contribution in [-0.2, 0) is 4.74 Å². The van der Waals surface area contributed by atoms with E-state index >= 15 is 0 Å². The molecule has 2 aliphatic rings. The summed E-state index contributed by atoms with van der Waals surface area (Å²) in [5, 5.41) is 16.3. The number of nitro groups is 1. The molecule has 188 valence electrons. The van der Waals surface area contributed by atoms with E-state index in [4.69, 9.17) is 4.74 Å². The van der Waals surface area contributed by atoms with Gasteiger partial charge in [0.2, 0.25) is 6.43 Å². The largest absolute Gasteiger partial charge is 0.444 e. The molecule has 0 aromatic heterocycles. The second kappa shape index (κ2) is 9.63. The number of carbonyl (C=O) groups is 2. The number of alkyl halides is 3. The van der Waals surface area contributed by atoms with Crippen LogP contribution < -0.4 is 10.6 Å². The third kappa shape index (κ3) is 6.06. The fourth-order valence-corrected chi connectivity index (χ4v) is 3.66. The number of likely N-dealkylation sites (tertiary alicyclic amines) is 1. The lowest BCUT2D eigenvalue weighted by Crippen LogP contribution is -2.55. The summed E-state index contributed by atoms with van der Waals surface area (Å²) >= 11 is 0. The summed E-state index contributed by atoms with van der Waals surface area (Å²) in [5.74, 6) is -3.25. The number of piperidine rings is 1. The van der Waals surface area contributed by atoms with Gasteiger partial charge in [0.25, 0.3) is 11.6 Å². The highest BCUT2D eigenvalue weighted by molar-refractivity contribution is 5.96. The van der Waals surface area contributed by atoms with Crippen LogP contribution in [-0.4, -0.2) is 65.2 Å². The van der Waals surface area contributed by atoms with Crippen molar-refractivity contribution in [2.75, 3.05) is 18.4 Å². The first-order valence-electron chi connectivity index (χ1n) is 10.7. The average Bonchev–Trinajstić information content (AvgIpc) is 3.47. The van der Waals surface area contributed by atoms with E-state index in [0.717, 1.165) is 0 Å². The summed E-state index contributed by atoms with van der Waals surface area (Å²) in [6, 6.07) is -0.571. The number of nitrogens with one attached hydrogen (secondary N) is 2. The SMILES string of the molecule is CC(C)(C)OC(=O)N1CC[C@H](F)[C@@H](NC(=O)c2cc([N+](=O)[O-])c(N[C@H]3C[C@@H]3C(F)F)cc2F)C1. The Labute approximate surface area is 193 Å². The first-order chi connectivity index (χ1) is 15.8. The summed E-state index contributed by atoms with van der Waals surface area (Å²) in [6.45, 7) is 4.82. The molecule has 1 aliphatic heterocycles. The predicted molar refractivity (Wildman–Crippen MR) is 113 cm³/mol. The molecule has 2 fully saturated rings. The molecule has 0 spiro atoms. The quantitative estimate of drug-likeness (QED) is 0.356. The molecule has 1 saturated heterocycles. The number of nitro benzene ring substituents is 1. The number of amides is 2. The highest BCUT2D eigenvalue weighted by Gasteiger charge is 2.45. The Kier molecular flexibility index (Phi) is 7.22. The van der Waals surface area contributed by atoms with Crippen LogP contribution in [0, 0.1) is 21.8 Å². The Hall–Kier alpha value is -3.12. The van der Waals surface area contributed by atoms with E-state index < -0.39 is 70.2 Å². The van der Waals surface area contributed by atoms with Crippen molar-refractivity contribution >= 4 is 23.4 Å². The van der Waals surface area contributed by atoms with Crippen molar-refractivity contribution in [2.45, 2.75) is 63.9 Å². The molecule has 13 heteroatoms. The molecule has 0 radical (unpaired) electrons. The van der Waals surface area contributed by atoms with E-state index in [1.165, 1.54) is 4.90 Å². The number of hydrogen-bond acceptors (Lipinski definition) is 6. The van der Waals surface area contributed by atoms with Gasteiger partial charge >= 0.3 is 6.09 Å². The van der Waals surface area contributed by atoms with Crippen molar-refractivity contribution in [2.24, 2.45) is 5.92 Å². The van der Waals surface area contributed by atoms with E-state index in [1.807, 2.05) is 0 Å². The van der Waals surface area contributed by atoms with Gasteiger partial charge in [-0.1, -0.05) is 0 Å². The molecule has 0 bridgehead atoms. The highest BCUT2D eigenvalue weighted by Crippen LogP contribution is 2.40. The maximum Gasteiger partial charge on any atom is 0.410 e. The number of halogens is 4. The first-order valence-corrected chi connectivity index (χ1v) is 10.7. The summed E-state index contributed by atoms with van der Waals surface area (Å²) in [4.78, 5) is 36.7. The average molecular weight is 490 g/mol. The zero-order valence-corrected chi connectivity index (χ0v) is 18.8. The van der Waals surface area contributed by atoms with Crippen LogP contribution in [0.3, 0.4) is 0 Å². The molecule has 4 atom stereocenters. The first kappa shape index (κ1) is 25.5. The molecule has 2 amide bonds. The number of rotatable bonds is 6. The number of ether oxygens (including phenoxy) is 1. The zero-order valence-electron chi connectivity index (χ0n) is 18.8. The minimum atomic E-state index is -2.61. The molecule has 2 N–H and O–H groups in total. The molecule has 1 heterocycles. The topological polar surface area (TPSA) is 114 Å². The van der Waals surface area contributed by atoms with Gasteiger partial charge in [0.05, 0.1) is 16.5 Å². The Morgan fingerprint density at radius 1 is 1.26 bits per heavy atom. The van der Waals surface area contributed by atoms with Crippen molar-refractivity contribution in [3.05, 3.63) is 33.6 Å². The van der Waals surface area contributed by atoms with Crippen molar-refractivity contribution in [1.29, 1.82) is 0 Å². The number of carbonyl (C=O) groups excluding carboxylic acids is 2. The number of benzene rings is 1. The van der Waals surface area contributed by atoms with Crippen molar-refractivity contribution in [3.8, 4) is 0 Å². The molecular weight excluding hydrogens is 464 g/mol. The smallest absolute Gasteiger partial charge is 0.410 e. The molecule has 1 saturated carbocycles. The Bertz CT molecular complexity index is 971. The monoisotopic (exact) mass is 490 g/mol. The molecule has 1 aromatic rings. The molecule has 1 aromatic carbocycles. The van der Waals surface area contributed by atoms with Crippen LogP contribution in [0.1, 0.15) is 44.0 Å². The van der Waals surface area contributed by atoms with Crippen LogP contribution in [0.4, 0.5) is 33.7 Å². The van der Waals surface area contributed by atoms with Gasteiger partial charge in [-0.25, -0.2) is 22.4 Å². The van der Waals surface area contributed by atoms with Gasteiger partial charge in [-0.15, -0.1) is 0 Å². The van der Waals surface area contributed by atoms with Gasteiger partial charge in [-0.05, 0) is 33.6 Å². The second-order valence-electron chi connectivity index (χ2n) is 9.40. The third-order valence-electron chi connectivity index (χ3n) is 5.53. The fourth-order valence-electron chi connectivity index (χ4n) is 3.66. The maximum absolute atomic E-state index is 14.7. The zero-order chi connectivity index (χ0) is 25.4. The van der Waals surface area contributed by atoms with Crippen LogP contribution >= 0.6 is 0 Å². The Balaban J connectivity index is 1.73. The number of nitrogens with zero attached hydrogens (tertiary/aromatic N) is 2. The molecule has 9 nitrogen and oxygen atoms in total. The van der Waals surface area contributed by atoms with Gasteiger partial charge in [0.1, 0.15) is 23.3 Å². The lowest BCUT2D eigenvalue weighted by molar-refractivity contribution is -0.384. The van der Waals surface area contributed by atoms with E-state index in [2.05, 4.69) is 10.6 Å². The van der Waals surface area contributed by atoms with E-state index in [-0.39, 0.29) is 31.6 Å². The van der Waals surface area contributed by atoms with Gasteiger partial charge in [0.15, 0.2) is 0 Å². The third-order valence-corrected chi connectivity index (χ3v) is 5.53. The minimum absolute atomic E-state index is 0.0590. The molecule has 0 unspecified atom stereocenters. The summed E-state index contributed by atoms with van der Waals surface area (Å²) in [7, 11) is 0. The summed E-state index contributed by atoms with van der Waals surface area (Å²) < 4.78 is 59.8. The van der Waals surface area contributed by atoms with Gasteiger partial charge < -0.3 is 20.3 Å². The fraction of sp³-hybridized carbons (Fsp3) is 0.619. The number of anilines is 1. The van der Waals surface area contributed by atoms with Crippen molar-refractivity contribution in [3.63, 3.8) is 0 Å². The summed E-state index contributed by atoms with van der Waals surface area (Å²) in [5.41, 5.74) is -2.50. The number of hydrogen-bond donors (Lipinski definition) is 2. The second-order valence-corrected chi connectivity index (χ2v) is 9.40. The van der Waals surface area contributed by atoms with Crippen LogP contribution in [0.2, 0.25) is 0 Å². The van der Waals surface area contributed by atoms with Crippen molar-refractivity contribution in [1.82, 2.24) is 10.2 Å². The predicted octanol–water partition coefficient (Wildman–Crippen LogP) is 3.88. The van der Waals surface area contributed by atoms with E-state index in [0.29, 0.717) is 12.1 Å². The van der Waals surface area contributed by atoms with E-state index in [9.17, 15) is 37.3 Å². The van der Waals surface area contributed by atoms with Crippen LogP contribution in [0.15, 0.2) is 12.1 Å². The lowest BCUT2D eigenvalue weighted by atomic mass is 10.0. The van der Waals surface area contributed by atoms with Crippen LogP contribution in [0.25, 0.3) is 0 Å². The molecule has 34 heavy (non-hydrogen) atoms. The summed E-state index contributed by atoms with van der Waals surface area (Å²) in [6.07, 6.45) is -4.87. The highest BCUT2D eigenvalue weighted by atomic mass is 19.3. The normalized spacial score (nSPS) is 24.5. The molecule has 3 rings (SSSR count). The van der Waals surface area contributed by atoms with Gasteiger partial charge in [0, 0.05) is 37.2 Å². The van der Waals surface area contributed by atoms with Gasteiger partial charge in [-0.3, -0.25) is 14.9 Å². The Morgan fingerprint density at radius 3 is 2.50 bits per heavy atom. The lowest BCUT2D eigenvalue weighted by Gasteiger charge is -2.36. The van der Waals surface area contributed by atoms with E-state index in [1.54, 1.807) is 20.8 Å². The maximum atomic E-state index is 14.7. The van der Waals surface area contributed by atoms with Crippen LogP contribution in [0.5, 0.6) is 0 Å². The molecule has 1 aliphatic carbocycles. The van der Waals surface area contributed by atoms with Crippen molar-refractivity contribution < 1.29 is 36.8 Å². The minimum Gasteiger partial charge on any atom is -0.444 e. The Morgan fingerprint density at radius 2 is 1.94 bits per heavy atom. The molecular formula is C21H26F4N4O5.